The summed E-state index contributed by atoms with van der Waals surface area (Å²) in [7, 11) is 3.21. The normalized spacial score (nSPS) is 11.0. The van der Waals surface area contributed by atoms with Crippen LogP contribution in [-0.2, 0) is 31.9 Å². The number of nitrogens with one attached hydrogen (secondary N) is 1. The zero-order valence-corrected chi connectivity index (χ0v) is 15.0. The molecule has 0 spiro atoms. The lowest BCUT2D eigenvalue weighted by atomic mass is 10.1. The fraction of sp³-hybridized carbons (Fsp3) is 0.333. The zero-order valence-electron chi connectivity index (χ0n) is 15.0. The second kappa shape index (κ2) is 6.99. The molecule has 0 aliphatic heterocycles. The minimum Gasteiger partial charge on any atom is -0.354 e. The van der Waals surface area contributed by atoms with Crippen LogP contribution in [0.1, 0.15) is 11.1 Å². The number of hydrogen-bond donors (Lipinski definition) is 1. The summed E-state index contributed by atoms with van der Waals surface area (Å²) in [5, 5.41) is 2.76. The Balaban J connectivity index is 1.74. The van der Waals surface area contributed by atoms with E-state index in [2.05, 4.69) is 16.4 Å². The van der Waals surface area contributed by atoms with E-state index in [9.17, 15) is 14.4 Å². The minimum atomic E-state index is -0.560. The molecule has 2 heterocycles. The van der Waals surface area contributed by atoms with Crippen LogP contribution in [0, 0.1) is 6.92 Å². The van der Waals surface area contributed by atoms with E-state index in [0.29, 0.717) is 24.1 Å². The third-order valence-corrected chi connectivity index (χ3v) is 4.32. The summed E-state index contributed by atoms with van der Waals surface area (Å²) in [6, 6.07) is 8.04. The molecule has 3 aromatic rings. The summed E-state index contributed by atoms with van der Waals surface area (Å²) in [4.78, 5) is 41.2. The molecule has 0 saturated heterocycles. The van der Waals surface area contributed by atoms with Crippen molar-refractivity contribution in [2.45, 2.75) is 19.9 Å². The standard InChI is InChI=1S/C18H21N5O3/c1-12-5-4-6-13(9-12)7-8-19-14(24)10-23-17(25)15-16(20-11-21(15)2)22(3)18(23)26/h4-6,9,11H,7-8,10H2,1-3H3,(H,19,24). The van der Waals surface area contributed by atoms with Gasteiger partial charge in [0.2, 0.25) is 5.91 Å². The van der Waals surface area contributed by atoms with Crippen LogP contribution in [0.3, 0.4) is 0 Å². The van der Waals surface area contributed by atoms with Crippen LogP contribution < -0.4 is 16.6 Å². The molecular weight excluding hydrogens is 334 g/mol. The number of nitrogens with zero attached hydrogens (tertiary/aromatic N) is 4. The quantitative estimate of drug-likeness (QED) is 0.703. The smallest absolute Gasteiger partial charge is 0.332 e. The topological polar surface area (TPSA) is 90.9 Å². The fourth-order valence-electron chi connectivity index (χ4n) is 2.95. The molecule has 0 saturated carbocycles. The van der Waals surface area contributed by atoms with Crippen LogP contribution >= 0.6 is 0 Å². The van der Waals surface area contributed by atoms with Crippen LogP contribution in [0.2, 0.25) is 0 Å². The first-order chi connectivity index (χ1) is 12.4. The number of aromatic nitrogens is 4. The maximum atomic E-state index is 12.6. The van der Waals surface area contributed by atoms with Crippen LogP contribution in [0.4, 0.5) is 0 Å². The fourth-order valence-corrected chi connectivity index (χ4v) is 2.95. The van der Waals surface area contributed by atoms with Gasteiger partial charge < -0.3 is 9.88 Å². The average Bonchev–Trinajstić information content (AvgIpc) is 2.99. The number of benzene rings is 1. The third-order valence-electron chi connectivity index (χ3n) is 4.32. The van der Waals surface area contributed by atoms with Gasteiger partial charge in [0.05, 0.1) is 6.33 Å². The highest BCUT2D eigenvalue weighted by Crippen LogP contribution is 2.04. The van der Waals surface area contributed by atoms with Crippen LogP contribution in [0.5, 0.6) is 0 Å². The van der Waals surface area contributed by atoms with E-state index in [0.717, 1.165) is 15.7 Å². The maximum Gasteiger partial charge on any atom is 0.332 e. The SMILES string of the molecule is Cc1cccc(CCNC(=O)Cn2c(=O)c3c(ncn3C)n(C)c2=O)c1. The maximum absolute atomic E-state index is 12.6. The van der Waals surface area contributed by atoms with Gasteiger partial charge in [-0.1, -0.05) is 29.8 Å². The first-order valence-corrected chi connectivity index (χ1v) is 8.31. The number of aryl methyl sites for hydroxylation is 3. The first-order valence-electron chi connectivity index (χ1n) is 8.31. The Labute approximate surface area is 149 Å². The second-order valence-corrected chi connectivity index (χ2v) is 6.35. The van der Waals surface area contributed by atoms with Gasteiger partial charge in [-0.25, -0.2) is 14.3 Å². The Morgan fingerprint density at radius 1 is 1.23 bits per heavy atom. The van der Waals surface area contributed by atoms with E-state index in [1.807, 2.05) is 25.1 Å². The summed E-state index contributed by atoms with van der Waals surface area (Å²) < 4.78 is 3.76. The molecule has 0 unspecified atom stereocenters. The van der Waals surface area contributed by atoms with Crippen LogP contribution in [0.25, 0.3) is 11.2 Å². The van der Waals surface area contributed by atoms with Gasteiger partial charge in [-0.3, -0.25) is 14.2 Å². The Morgan fingerprint density at radius 3 is 2.73 bits per heavy atom. The highest BCUT2D eigenvalue weighted by molar-refractivity contribution is 5.76. The van der Waals surface area contributed by atoms with E-state index >= 15 is 0 Å². The van der Waals surface area contributed by atoms with E-state index < -0.39 is 11.2 Å². The number of hydrogen-bond acceptors (Lipinski definition) is 4. The van der Waals surface area contributed by atoms with Crippen molar-refractivity contribution < 1.29 is 4.79 Å². The average molecular weight is 355 g/mol. The van der Waals surface area contributed by atoms with Gasteiger partial charge in [0, 0.05) is 20.6 Å². The molecule has 0 radical (unpaired) electrons. The van der Waals surface area contributed by atoms with Crippen molar-refractivity contribution in [3.8, 4) is 0 Å². The van der Waals surface area contributed by atoms with Gasteiger partial charge in [0.1, 0.15) is 6.54 Å². The molecule has 0 aliphatic carbocycles. The molecular formula is C18H21N5O3. The largest absolute Gasteiger partial charge is 0.354 e. The second-order valence-electron chi connectivity index (χ2n) is 6.35. The van der Waals surface area contributed by atoms with Gasteiger partial charge in [-0.2, -0.15) is 0 Å². The van der Waals surface area contributed by atoms with Crippen molar-refractivity contribution in [3.63, 3.8) is 0 Å². The van der Waals surface area contributed by atoms with Gasteiger partial charge >= 0.3 is 5.69 Å². The molecule has 1 amide bonds. The molecule has 2 aromatic heterocycles. The Hall–Kier alpha value is -3.16. The Bertz CT molecular complexity index is 1090. The number of imidazole rings is 1. The monoisotopic (exact) mass is 355 g/mol. The molecule has 8 heteroatoms. The van der Waals surface area contributed by atoms with Crippen molar-refractivity contribution in [2.75, 3.05) is 6.54 Å². The number of carbonyl (C=O) groups excluding carboxylic acids is 1. The summed E-state index contributed by atoms with van der Waals surface area (Å²) in [5.74, 6) is -0.377. The summed E-state index contributed by atoms with van der Waals surface area (Å²) in [5.41, 5.74) is 1.80. The molecule has 0 aliphatic rings. The van der Waals surface area contributed by atoms with Crippen molar-refractivity contribution in [3.05, 3.63) is 62.6 Å². The molecule has 0 bridgehead atoms. The van der Waals surface area contributed by atoms with Crippen LogP contribution in [0.15, 0.2) is 40.2 Å². The first kappa shape index (κ1) is 17.7. The van der Waals surface area contributed by atoms with E-state index in [1.165, 1.54) is 17.9 Å². The van der Waals surface area contributed by atoms with E-state index in [1.54, 1.807) is 11.6 Å². The molecule has 1 N–H and O–H groups in total. The molecule has 1 aromatic carbocycles. The van der Waals surface area contributed by atoms with E-state index in [-0.39, 0.29) is 12.5 Å². The number of carbonyl (C=O) groups is 1. The number of rotatable bonds is 5. The molecule has 0 fully saturated rings. The van der Waals surface area contributed by atoms with Crippen molar-refractivity contribution >= 4 is 17.1 Å². The van der Waals surface area contributed by atoms with Crippen molar-refractivity contribution in [2.24, 2.45) is 14.1 Å². The molecule has 0 atom stereocenters. The molecule has 26 heavy (non-hydrogen) atoms. The highest BCUT2D eigenvalue weighted by Gasteiger charge is 2.16. The highest BCUT2D eigenvalue weighted by atomic mass is 16.2. The summed E-state index contributed by atoms with van der Waals surface area (Å²) in [6.07, 6.45) is 2.15. The molecule has 136 valence electrons. The predicted molar refractivity (Wildman–Crippen MR) is 98.1 cm³/mol. The molecule has 8 nitrogen and oxygen atoms in total. The molecule has 3 rings (SSSR count). The lowest BCUT2D eigenvalue weighted by Crippen LogP contribution is -2.43. The predicted octanol–water partition coefficient (Wildman–Crippen LogP) is 0.101. The lowest BCUT2D eigenvalue weighted by molar-refractivity contribution is -0.121. The minimum absolute atomic E-state index is 0.291. The van der Waals surface area contributed by atoms with Gasteiger partial charge in [0.25, 0.3) is 5.56 Å². The van der Waals surface area contributed by atoms with Gasteiger partial charge in [-0.05, 0) is 18.9 Å². The summed E-state index contributed by atoms with van der Waals surface area (Å²) >= 11 is 0. The van der Waals surface area contributed by atoms with E-state index in [4.69, 9.17) is 0 Å². The summed E-state index contributed by atoms with van der Waals surface area (Å²) in [6.45, 7) is 2.13. The number of amides is 1. The van der Waals surface area contributed by atoms with Gasteiger partial charge in [-0.15, -0.1) is 0 Å². The third kappa shape index (κ3) is 3.30. The van der Waals surface area contributed by atoms with Crippen molar-refractivity contribution in [1.29, 1.82) is 0 Å². The van der Waals surface area contributed by atoms with Crippen molar-refractivity contribution in [1.82, 2.24) is 24.0 Å². The lowest BCUT2D eigenvalue weighted by Gasteiger charge is -2.09. The van der Waals surface area contributed by atoms with Crippen LogP contribution in [-0.4, -0.2) is 31.1 Å². The zero-order chi connectivity index (χ0) is 18.8. The Morgan fingerprint density at radius 2 is 2.00 bits per heavy atom. The Kier molecular flexibility index (Phi) is 4.75. The van der Waals surface area contributed by atoms with Gasteiger partial charge in [0.15, 0.2) is 11.2 Å². The number of fused-ring (bicyclic) bond motifs is 1.